The van der Waals surface area contributed by atoms with E-state index in [0.717, 1.165) is 30.4 Å². The zero-order chi connectivity index (χ0) is 28.6. The fourth-order valence-corrected chi connectivity index (χ4v) is 5.47. The van der Waals surface area contributed by atoms with Crippen molar-refractivity contribution >= 4 is 5.91 Å². The number of benzene rings is 3. The number of hydrogen-bond acceptors (Lipinski definition) is 4. The number of amides is 1. The van der Waals surface area contributed by atoms with E-state index in [2.05, 4.69) is 60.5 Å². The van der Waals surface area contributed by atoms with E-state index in [1.807, 2.05) is 65.0 Å². The molecule has 0 saturated heterocycles. The van der Waals surface area contributed by atoms with Crippen molar-refractivity contribution in [1.29, 1.82) is 0 Å². The third-order valence-corrected chi connectivity index (χ3v) is 7.42. The molecule has 0 N–H and O–H groups in total. The number of allylic oxidation sites excluding steroid dienone is 2. The summed E-state index contributed by atoms with van der Waals surface area (Å²) in [5, 5.41) is 2.19. The lowest BCUT2D eigenvalue weighted by atomic mass is 9.91. The SMILES string of the molecule is C/C=C/CCc1ccccc1C(c1ccccc1)N1CN(CCC)C(=O)c2c(OCc3ccccc3)c(=O)ccn21. The predicted octanol–water partition coefficient (Wildman–Crippen LogP) is 6.49. The lowest BCUT2D eigenvalue weighted by Crippen LogP contribution is -2.55. The molecule has 5 rings (SSSR count). The summed E-state index contributed by atoms with van der Waals surface area (Å²) >= 11 is 0. The standard InChI is InChI=1S/C35H37N3O3/c1-3-5-8-17-28-18-13-14-21-30(28)32(29-19-11-7-12-20-29)38-26-36(23-4-2)35(40)33-34(31(39)22-24-37(33)38)41-25-27-15-9-6-10-16-27/h3,5-7,9-16,18-22,24,32H,4,8,17,23,25-26H2,1-2H3/b5-3+. The minimum atomic E-state index is -0.304. The molecule has 6 nitrogen and oxygen atoms in total. The van der Waals surface area contributed by atoms with Crippen molar-refractivity contribution in [3.63, 3.8) is 0 Å². The molecule has 0 fully saturated rings. The number of nitrogens with zero attached hydrogens (tertiary/aromatic N) is 3. The maximum Gasteiger partial charge on any atom is 0.277 e. The van der Waals surface area contributed by atoms with Crippen LogP contribution < -0.4 is 15.2 Å². The molecular formula is C35H37N3O3. The molecule has 6 heteroatoms. The Morgan fingerprint density at radius 1 is 0.902 bits per heavy atom. The van der Waals surface area contributed by atoms with Gasteiger partial charge in [-0.15, -0.1) is 0 Å². The first kappa shape index (κ1) is 28.0. The molecule has 0 spiro atoms. The third-order valence-electron chi connectivity index (χ3n) is 7.42. The van der Waals surface area contributed by atoms with Crippen LogP contribution in [0.25, 0.3) is 0 Å². The fraction of sp³-hybridized carbons (Fsp3) is 0.257. The monoisotopic (exact) mass is 547 g/mol. The number of fused-ring (bicyclic) bond motifs is 1. The molecule has 0 saturated carbocycles. The molecule has 41 heavy (non-hydrogen) atoms. The molecule has 1 aliphatic heterocycles. The second-order valence-electron chi connectivity index (χ2n) is 10.2. The summed E-state index contributed by atoms with van der Waals surface area (Å²) in [6.07, 6.45) is 8.63. The average Bonchev–Trinajstić information content (AvgIpc) is 3.01. The predicted molar refractivity (Wildman–Crippen MR) is 164 cm³/mol. The Labute approximate surface area is 242 Å². The molecule has 210 valence electrons. The first-order valence-corrected chi connectivity index (χ1v) is 14.3. The van der Waals surface area contributed by atoms with Crippen LogP contribution in [-0.2, 0) is 13.0 Å². The minimum Gasteiger partial charge on any atom is -0.482 e. The highest BCUT2D eigenvalue weighted by Gasteiger charge is 2.37. The summed E-state index contributed by atoms with van der Waals surface area (Å²) in [4.78, 5) is 29.0. The zero-order valence-corrected chi connectivity index (χ0v) is 23.8. The Hall–Kier alpha value is -4.58. The van der Waals surface area contributed by atoms with Crippen molar-refractivity contribution in [2.24, 2.45) is 0 Å². The fourth-order valence-electron chi connectivity index (χ4n) is 5.47. The molecule has 1 aliphatic rings. The average molecular weight is 548 g/mol. The number of pyridine rings is 1. The Morgan fingerprint density at radius 2 is 1.61 bits per heavy atom. The molecule has 0 aliphatic carbocycles. The molecule has 4 aromatic rings. The van der Waals surface area contributed by atoms with Crippen LogP contribution in [0.5, 0.6) is 5.75 Å². The Kier molecular flexibility index (Phi) is 8.99. The van der Waals surface area contributed by atoms with E-state index in [-0.39, 0.29) is 35.4 Å². The highest BCUT2D eigenvalue weighted by molar-refractivity contribution is 5.96. The molecule has 2 heterocycles. The van der Waals surface area contributed by atoms with Gasteiger partial charge in [-0.25, -0.2) is 0 Å². The summed E-state index contributed by atoms with van der Waals surface area (Å²) in [6.45, 7) is 5.25. The van der Waals surface area contributed by atoms with Crippen LogP contribution in [0.15, 0.2) is 114 Å². The van der Waals surface area contributed by atoms with Crippen LogP contribution in [0.4, 0.5) is 0 Å². The van der Waals surface area contributed by atoms with Gasteiger partial charge < -0.3 is 9.64 Å². The number of ether oxygens (including phenoxy) is 1. The van der Waals surface area contributed by atoms with E-state index in [4.69, 9.17) is 4.74 Å². The first-order chi connectivity index (χ1) is 20.1. The van der Waals surface area contributed by atoms with Gasteiger partial charge in [0.2, 0.25) is 5.43 Å². The molecule has 1 amide bonds. The van der Waals surface area contributed by atoms with Crippen LogP contribution >= 0.6 is 0 Å². The summed E-state index contributed by atoms with van der Waals surface area (Å²) < 4.78 is 7.98. The van der Waals surface area contributed by atoms with E-state index in [9.17, 15) is 9.59 Å². The number of aryl methyl sites for hydroxylation is 1. The summed E-state index contributed by atoms with van der Waals surface area (Å²) in [5.41, 5.74) is 4.42. The van der Waals surface area contributed by atoms with Gasteiger partial charge in [-0.05, 0) is 48.4 Å². The van der Waals surface area contributed by atoms with Crippen LogP contribution in [0.2, 0.25) is 0 Å². The number of carbonyl (C=O) groups is 1. The van der Waals surface area contributed by atoms with Crippen molar-refractivity contribution < 1.29 is 9.53 Å². The summed E-state index contributed by atoms with van der Waals surface area (Å²) in [5.74, 6) is -0.114. The molecule has 0 radical (unpaired) electrons. The number of rotatable bonds is 11. The van der Waals surface area contributed by atoms with E-state index < -0.39 is 0 Å². The van der Waals surface area contributed by atoms with Crippen LogP contribution in [0, 0.1) is 0 Å². The first-order valence-electron chi connectivity index (χ1n) is 14.3. The topological polar surface area (TPSA) is 54.8 Å². The molecule has 3 aromatic carbocycles. The number of carbonyl (C=O) groups excluding carboxylic acids is 1. The van der Waals surface area contributed by atoms with Crippen LogP contribution in [0.1, 0.15) is 65.5 Å². The Balaban J connectivity index is 1.66. The van der Waals surface area contributed by atoms with Gasteiger partial charge in [0.25, 0.3) is 5.91 Å². The van der Waals surface area contributed by atoms with Crippen molar-refractivity contribution in [1.82, 2.24) is 9.58 Å². The van der Waals surface area contributed by atoms with Gasteiger partial charge >= 0.3 is 0 Å². The summed E-state index contributed by atoms with van der Waals surface area (Å²) in [7, 11) is 0. The van der Waals surface area contributed by atoms with Crippen LogP contribution in [0.3, 0.4) is 0 Å². The highest BCUT2D eigenvalue weighted by atomic mass is 16.5. The van der Waals surface area contributed by atoms with Gasteiger partial charge in [-0.1, -0.05) is 104 Å². The van der Waals surface area contributed by atoms with Gasteiger partial charge in [-0.2, -0.15) is 0 Å². The van der Waals surface area contributed by atoms with Gasteiger partial charge in [0.15, 0.2) is 11.4 Å². The Bertz CT molecular complexity index is 1550. The van der Waals surface area contributed by atoms with E-state index in [0.29, 0.717) is 13.2 Å². The molecule has 0 bridgehead atoms. The van der Waals surface area contributed by atoms with Gasteiger partial charge in [0.05, 0.1) is 6.04 Å². The largest absolute Gasteiger partial charge is 0.482 e. The molecule has 1 unspecified atom stereocenters. The minimum absolute atomic E-state index is 0.0836. The molecule has 1 atom stereocenters. The summed E-state index contributed by atoms with van der Waals surface area (Å²) in [6, 6.07) is 29.9. The Morgan fingerprint density at radius 3 is 2.34 bits per heavy atom. The lowest BCUT2D eigenvalue weighted by molar-refractivity contribution is 0.0676. The maximum atomic E-state index is 13.9. The second kappa shape index (κ2) is 13.2. The quantitative estimate of drug-likeness (QED) is 0.202. The van der Waals surface area contributed by atoms with Crippen molar-refractivity contribution in [2.45, 2.75) is 45.8 Å². The number of hydrogen-bond donors (Lipinski definition) is 0. The normalized spacial score (nSPS) is 13.9. The van der Waals surface area contributed by atoms with E-state index >= 15 is 0 Å². The van der Waals surface area contributed by atoms with Crippen LogP contribution in [-0.4, -0.2) is 28.7 Å². The van der Waals surface area contributed by atoms with Crippen molar-refractivity contribution in [3.05, 3.63) is 148 Å². The van der Waals surface area contributed by atoms with E-state index in [1.165, 1.54) is 17.2 Å². The van der Waals surface area contributed by atoms with Crippen molar-refractivity contribution in [2.75, 3.05) is 18.2 Å². The highest BCUT2D eigenvalue weighted by Crippen LogP contribution is 2.34. The zero-order valence-electron chi connectivity index (χ0n) is 23.8. The number of aromatic nitrogens is 1. The third kappa shape index (κ3) is 6.12. The molecular weight excluding hydrogens is 510 g/mol. The van der Waals surface area contributed by atoms with Gasteiger partial charge in [-0.3, -0.25) is 19.3 Å². The van der Waals surface area contributed by atoms with E-state index in [1.54, 1.807) is 6.20 Å². The van der Waals surface area contributed by atoms with Gasteiger partial charge in [0, 0.05) is 18.8 Å². The smallest absolute Gasteiger partial charge is 0.277 e. The molecule has 1 aromatic heterocycles. The van der Waals surface area contributed by atoms with Gasteiger partial charge in [0.1, 0.15) is 13.3 Å². The maximum absolute atomic E-state index is 13.9. The van der Waals surface area contributed by atoms with Crippen molar-refractivity contribution in [3.8, 4) is 5.75 Å². The lowest BCUT2D eigenvalue weighted by Gasteiger charge is -2.44. The second-order valence-corrected chi connectivity index (χ2v) is 10.2.